The van der Waals surface area contributed by atoms with Crippen molar-refractivity contribution in [3.63, 3.8) is 0 Å². The third-order valence-electron chi connectivity index (χ3n) is 4.21. The van der Waals surface area contributed by atoms with Crippen LogP contribution >= 0.6 is 22.6 Å². The molecule has 0 amide bonds. The van der Waals surface area contributed by atoms with E-state index in [1.807, 2.05) is 6.07 Å². The minimum atomic E-state index is -5.11. The van der Waals surface area contributed by atoms with Crippen molar-refractivity contribution in [1.29, 1.82) is 0 Å². The number of hydrogen-bond donors (Lipinski definition) is 1. The fourth-order valence-electron chi connectivity index (χ4n) is 2.71. The molecule has 0 fully saturated rings. The molecule has 2 aromatic rings. The lowest BCUT2D eigenvalue weighted by Crippen LogP contribution is -2.19. The molecule has 2 aromatic carbocycles. The Morgan fingerprint density at radius 2 is 1.68 bits per heavy atom. The van der Waals surface area contributed by atoms with E-state index in [4.69, 9.17) is 14.6 Å². The number of allylic oxidation sites excluding steroid dienone is 1. The number of rotatable bonds is 10. The predicted octanol–water partition coefficient (Wildman–Crippen LogP) is 6.63. The van der Waals surface area contributed by atoms with Gasteiger partial charge in [0.25, 0.3) is 0 Å². The summed E-state index contributed by atoms with van der Waals surface area (Å²) >= 11 is 2.06. The van der Waals surface area contributed by atoms with E-state index in [9.17, 15) is 31.1 Å². The molecule has 1 atom stereocenters. The first-order chi connectivity index (χ1) is 17.2. The van der Waals surface area contributed by atoms with Crippen LogP contribution in [0.25, 0.3) is 0 Å². The zero-order valence-corrected chi connectivity index (χ0v) is 21.1. The maximum Gasteiger partial charge on any atom is 0.573 e. The maximum absolute atomic E-state index is 12.5. The molecular formula is C24H19F6IO6. The minimum absolute atomic E-state index is 0.0769. The van der Waals surface area contributed by atoms with Gasteiger partial charge < -0.3 is 24.1 Å². The fourth-order valence-corrected chi connectivity index (χ4v) is 3.40. The van der Waals surface area contributed by atoms with E-state index in [1.165, 1.54) is 12.2 Å². The first-order valence-electron chi connectivity index (χ1n) is 10.3. The molecule has 0 saturated heterocycles. The van der Waals surface area contributed by atoms with E-state index in [1.54, 1.807) is 19.1 Å². The standard InChI is InChI=1S/C24H19F6IO6/c1-15(34-10-8-22(32)33)17-6-7-21(20(31)13-17)35-9-4-2-3-5-16-11-18(36-23(25,26)27)14-19(12-16)37-24(28,29)30/h2,4,6-7,11-15H,8-10H2,1H3,(H,32,33)/b4-2+/t15-/m0/s1. The lowest BCUT2D eigenvalue weighted by atomic mass is 10.1. The molecule has 37 heavy (non-hydrogen) atoms. The van der Waals surface area contributed by atoms with E-state index >= 15 is 0 Å². The molecule has 13 heteroatoms. The molecule has 0 radical (unpaired) electrons. The molecule has 0 aromatic heterocycles. The van der Waals surface area contributed by atoms with Gasteiger partial charge in [0, 0.05) is 11.6 Å². The lowest BCUT2D eigenvalue weighted by Gasteiger charge is -2.14. The highest BCUT2D eigenvalue weighted by Gasteiger charge is 2.33. The van der Waals surface area contributed by atoms with Crippen molar-refractivity contribution in [3.8, 4) is 29.1 Å². The summed E-state index contributed by atoms with van der Waals surface area (Å²) in [6.07, 6.45) is -7.83. The summed E-state index contributed by atoms with van der Waals surface area (Å²) in [5.41, 5.74) is 0.630. The Bertz CT molecular complexity index is 1130. The highest BCUT2D eigenvalue weighted by Crippen LogP contribution is 2.31. The Morgan fingerprint density at radius 3 is 2.22 bits per heavy atom. The van der Waals surface area contributed by atoms with Gasteiger partial charge in [-0.15, -0.1) is 26.3 Å². The molecule has 1 N–H and O–H groups in total. The van der Waals surface area contributed by atoms with E-state index in [-0.39, 0.29) is 31.3 Å². The Balaban J connectivity index is 1.99. The number of benzene rings is 2. The number of halogens is 7. The second kappa shape index (κ2) is 13.4. The van der Waals surface area contributed by atoms with Crippen molar-refractivity contribution in [2.45, 2.75) is 32.2 Å². The number of hydrogen-bond acceptors (Lipinski definition) is 5. The molecule has 0 aliphatic carbocycles. The molecule has 200 valence electrons. The lowest BCUT2D eigenvalue weighted by molar-refractivity contribution is -0.276. The minimum Gasteiger partial charge on any atom is -0.488 e. The van der Waals surface area contributed by atoms with Crippen LogP contribution in [0.1, 0.15) is 30.6 Å². The van der Waals surface area contributed by atoms with Gasteiger partial charge in [-0.25, -0.2) is 0 Å². The highest BCUT2D eigenvalue weighted by molar-refractivity contribution is 14.1. The smallest absolute Gasteiger partial charge is 0.488 e. The summed E-state index contributed by atoms with van der Waals surface area (Å²) in [4.78, 5) is 10.6. The number of carbonyl (C=O) groups is 1. The average Bonchev–Trinajstić information content (AvgIpc) is 2.74. The van der Waals surface area contributed by atoms with Gasteiger partial charge in [0.1, 0.15) is 23.9 Å². The van der Waals surface area contributed by atoms with Gasteiger partial charge in [0.2, 0.25) is 0 Å². The summed E-state index contributed by atoms with van der Waals surface area (Å²) in [6.45, 7) is 1.94. The van der Waals surface area contributed by atoms with Gasteiger partial charge in [0.15, 0.2) is 0 Å². The summed E-state index contributed by atoms with van der Waals surface area (Å²) in [5.74, 6) is 2.67. The zero-order valence-electron chi connectivity index (χ0n) is 19.0. The molecule has 2 rings (SSSR count). The molecule has 0 spiro atoms. The van der Waals surface area contributed by atoms with Crippen LogP contribution in [-0.2, 0) is 9.53 Å². The van der Waals surface area contributed by atoms with Crippen LogP contribution in [0.15, 0.2) is 48.6 Å². The van der Waals surface area contributed by atoms with Crippen molar-refractivity contribution >= 4 is 28.6 Å². The van der Waals surface area contributed by atoms with Crippen LogP contribution in [0.5, 0.6) is 17.2 Å². The van der Waals surface area contributed by atoms with Gasteiger partial charge in [-0.3, -0.25) is 4.79 Å². The number of alkyl halides is 6. The Labute approximate surface area is 221 Å². The van der Waals surface area contributed by atoms with E-state index in [0.717, 1.165) is 21.3 Å². The number of aliphatic carboxylic acids is 1. The molecule has 0 heterocycles. The average molecular weight is 644 g/mol. The van der Waals surface area contributed by atoms with Crippen LogP contribution in [0, 0.1) is 15.4 Å². The number of carboxylic acids is 1. The number of carboxylic acid groups (broad SMARTS) is 1. The third kappa shape index (κ3) is 12.1. The van der Waals surface area contributed by atoms with E-state index in [2.05, 4.69) is 43.9 Å². The van der Waals surface area contributed by atoms with Gasteiger partial charge in [-0.2, -0.15) is 0 Å². The van der Waals surface area contributed by atoms with Gasteiger partial charge in [-0.05, 0) is 71.5 Å². The molecule has 0 bridgehead atoms. The van der Waals surface area contributed by atoms with Crippen LogP contribution in [-0.4, -0.2) is 37.0 Å². The summed E-state index contributed by atoms with van der Waals surface area (Å²) in [5, 5.41) is 8.67. The SMILES string of the molecule is C[C@H](OCCC(=O)O)c1ccc(OC/C=C/C#Cc2cc(OC(F)(F)F)cc(OC(F)(F)F)c2)c(I)c1. The van der Waals surface area contributed by atoms with Crippen LogP contribution < -0.4 is 14.2 Å². The molecule has 0 aliphatic heterocycles. The number of ether oxygens (including phenoxy) is 4. The van der Waals surface area contributed by atoms with Crippen molar-refractivity contribution in [1.82, 2.24) is 0 Å². The van der Waals surface area contributed by atoms with Crippen LogP contribution in [0.4, 0.5) is 26.3 Å². The molecule has 0 unspecified atom stereocenters. The Morgan fingerprint density at radius 1 is 1.05 bits per heavy atom. The maximum atomic E-state index is 12.5. The second-order valence-electron chi connectivity index (χ2n) is 7.12. The monoisotopic (exact) mass is 644 g/mol. The van der Waals surface area contributed by atoms with Crippen LogP contribution in [0.3, 0.4) is 0 Å². The quantitative estimate of drug-likeness (QED) is 0.178. The Kier molecular flexibility index (Phi) is 10.9. The fraction of sp³-hybridized carbons (Fsp3) is 0.292. The van der Waals surface area contributed by atoms with Crippen molar-refractivity contribution < 1.29 is 55.2 Å². The van der Waals surface area contributed by atoms with E-state index in [0.29, 0.717) is 11.8 Å². The predicted molar refractivity (Wildman–Crippen MR) is 127 cm³/mol. The topological polar surface area (TPSA) is 74.2 Å². The van der Waals surface area contributed by atoms with Crippen molar-refractivity contribution in [3.05, 3.63) is 63.2 Å². The third-order valence-corrected chi connectivity index (χ3v) is 5.05. The summed E-state index contributed by atoms with van der Waals surface area (Å²) < 4.78 is 94.0. The van der Waals surface area contributed by atoms with E-state index < -0.39 is 30.2 Å². The molecule has 0 aliphatic rings. The largest absolute Gasteiger partial charge is 0.573 e. The van der Waals surface area contributed by atoms with Gasteiger partial charge in [-0.1, -0.05) is 17.9 Å². The molecule has 0 saturated carbocycles. The first kappa shape index (κ1) is 30.1. The second-order valence-corrected chi connectivity index (χ2v) is 8.28. The van der Waals surface area contributed by atoms with Gasteiger partial charge in [0.05, 0.1) is 22.7 Å². The Hall–Kier alpha value is -3.12. The normalized spacial score (nSPS) is 12.5. The summed E-state index contributed by atoms with van der Waals surface area (Å²) in [7, 11) is 0. The van der Waals surface area contributed by atoms with Crippen LogP contribution in [0.2, 0.25) is 0 Å². The first-order valence-corrected chi connectivity index (χ1v) is 11.4. The highest BCUT2D eigenvalue weighted by atomic mass is 127. The summed E-state index contributed by atoms with van der Waals surface area (Å²) in [6, 6.07) is 7.40. The van der Waals surface area contributed by atoms with Crippen molar-refractivity contribution in [2.75, 3.05) is 13.2 Å². The molecule has 6 nitrogen and oxygen atoms in total. The van der Waals surface area contributed by atoms with Gasteiger partial charge >= 0.3 is 18.7 Å². The molecular weight excluding hydrogens is 625 g/mol. The zero-order chi connectivity index (χ0) is 27.6. The van der Waals surface area contributed by atoms with Crippen molar-refractivity contribution in [2.24, 2.45) is 0 Å².